The summed E-state index contributed by atoms with van der Waals surface area (Å²) in [5.41, 5.74) is 2.23. The lowest BCUT2D eigenvalue weighted by atomic mass is 9.84. The monoisotopic (exact) mass is 261 g/mol. The molecule has 1 aromatic rings. The number of aromatic nitrogens is 2. The first-order chi connectivity index (χ1) is 8.39. The zero-order valence-corrected chi connectivity index (χ0v) is 10.6. The van der Waals surface area contributed by atoms with E-state index in [2.05, 4.69) is 15.5 Å². The number of H-pyrrole nitrogens is 1. The van der Waals surface area contributed by atoms with E-state index < -0.39 is 18.1 Å². The molecule has 0 spiro atoms. The Bertz CT molecular complexity index is 392. The largest absolute Gasteiger partial charge is 0.393 e. The highest BCUT2D eigenvalue weighted by Gasteiger charge is 2.45. The van der Waals surface area contributed by atoms with Crippen LogP contribution in [0, 0.1) is 19.8 Å². The van der Waals surface area contributed by atoms with Gasteiger partial charge >= 0.3 is 6.18 Å². The fraction of sp³-hybridized carbons (Fsp3) is 0.750. The summed E-state index contributed by atoms with van der Waals surface area (Å²) in [7, 11) is 0. The number of hydrogen-bond donors (Lipinski definition) is 2. The Labute approximate surface area is 104 Å². The Balaban J connectivity index is 2.16. The SMILES string of the molecule is Cc1n[nH]c(C)c1NC1CCCCC1C(F)(F)F. The molecular formula is C12H18F3N3. The number of alkyl halides is 3. The third kappa shape index (κ3) is 2.62. The van der Waals surface area contributed by atoms with Crippen molar-refractivity contribution in [3.8, 4) is 0 Å². The lowest BCUT2D eigenvalue weighted by Crippen LogP contribution is -2.41. The molecule has 0 bridgehead atoms. The fourth-order valence-electron chi connectivity index (χ4n) is 2.64. The molecule has 1 aromatic heterocycles. The van der Waals surface area contributed by atoms with Gasteiger partial charge in [-0.25, -0.2) is 0 Å². The topological polar surface area (TPSA) is 40.7 Å². The van der Waals surface area contributed by atoms with Gasteiger partial charge in [0, 0.05) is 6.04 Å². The third-order valence-electron chi connectivity index (χ3n) is 3.64. The number of nitrogens with zero attached hydrogens (tertiary/aromatic N) is 1. The molecule has 0 aromatic carbocycles. The van der Waals surface area contributed by atoms with Crippen LogP contribution in [0.25, 0.3) is 0 Å². The van der Waals surface area contributed by atoms with Crippen LogP contribution in [0.1, 0.15) is 37.1 Å². The highest BCUT2D eigenvalue weighted by molar-refractivity contribution is 5.52. The molecule has 1 aliphatic carbocycles. The number of halogens is 3. The fourth-order valence-corrected chi connectivity index (χ4v) is 2.64. The maximum absolute atomic E-state index is 13.0. The number of hydrogen-bond acceptors (Lipinski definition) is 2. The smallest absolute Gasteiger partial charge is 0.379 e. The van der Waals surface area contributed by atoms with E-state index in [1.165, 1.54) is 0 Å². The van der Waals surface area contributed by atoms with Crippen LogP contribution < -0.4 is 5.32 Å². The van der Waals surface area contributed by atoms with Crippen LogP contribution >= 0.6 is 0 Å². The summed E-state index contributed by atoms with van der Waals surface area (Å²) in [4.78, 5) is 0. The number of nitrogens with one attached hydrogen (secondary N) is 2. The first-order valence-corrected chi connectivity index (χ1v) is 6.24. The van der Waals surface area contributed by atoms with Crippen LogP contribution in [0.5, 0.6) is 0 Å². The molecule has 3 nitrogen and oxygen atoms in total. The van der Waals surface area contributed by atoms with E-state index in [0.717, 1.165) is 23.5 Å². The zero-order chi connectivity index (χ0) is 13.3. The highest BCUT2D eigenvalue weighted by atomic mass is 19.4. The predicted octanol–water partition coefficient (Wildman–Crippen LogP) is 3.56. The van der Waals surface area contributed by atoms with Gasteiger partial charge in [0.1, 0.15) is 0 Å². The van der Waals surface area contributed by atoms with Crippen molar-refractivity contribution in [3.05, 3.63) is 11.4 Å². The van der Waals surface area contributed by atoms with Gasteiger partial charge in [-0.15, -0.1) is 0 Å². The van der Waals surface area contributed by atoms with Crippen LogP contribution in [-0.4, -0.2) is 22.4 Å². The molecule has 6 heteroatoms. The predicted molar refractivity (Wildman–Crippen MR) is 63.5 cm³/mol. The second-order valence-corrected chi connectivity index (χ2v) is 4.99. The van der Waals surface area contributed by atoms with Gasteiger partial charge in [-0.1, -0.05) is 12.8 Å². The summed E-state index contributed by atoms with van der Waals surface area (Å²) in [5.74, 6) is -1.25. The minimum absolute atomic E-state index is 0.219. The number of aryl methyl sites for hydroxylation is 2. The van der Waals surface area contributed by atoms with E-state index in [0.29, 0.717) is 12.8 Å². The minimum Gasteiger partial charge on any atom is -0.379 e. The minimum atomic E-state index is -4.12. The molecular weight excluding hydrogens is 243 g/mol. The molecule has 1 fully saturated rings. The second kappa shape index (κ2) is 4.82. The first kappa shape index (κ1) is 13.2. The summed E-state index contributed by atoms with van der Waals surface area (Å²) >= 11 is 0. The molecule has 2 unspecified atom stereocenters. The van der Waals surface area contributed by atoms with Gasteiger partial charge in [0.2, 0.25) is 0 Å². The standard InChI is InChI=1S/C12H18F3N3/c1-7-11(8(2)18-17-7)16-10-6-4-3-5-9(10)12(13,14)15/h9-10,16H,3-6H2,1-2H3,(H,17,18). The average molecular weight is 261 g/mol. The first-order valence-electron chi connectivity index (χ1n) is 6.24. The van der Waals surface area contributed by atoms with Crippen molar-refractivity contribution in [2.24, 2.45) is 5.92 Å². The highest BCUT2D eigenvalue weighted by Crippen LogP contribution is 2.39. The molecule has 2 N–H and O–H groups in total. The van der Waals surface area contributed by atoms with Gasteiger partial charge in [0.15, 0.2) is 0 Å². The third-order valence-corrected chi connectivity index (χ3v) is 3.64. The van der Waals surface area contributed by atoms with Gasteiger partial charge in [-0.05, 0) is 26.7 Å². The Kier molecular flexibility index (Phi) is 3.54. The molecule has 2 atom stereocenters. The summed E-state index contributed by atoms with van der Waals surface area (Å²) in [5, 5.41) is 9.83. The zero-order valence-electron chi connectivity index (χ0n) is 10.6. The lowest BCUT2D eigenvalue weighted by molar-refractivity contribution is -0.184. The maximum atomic E-state index is 13.0. The Morgan fingerprint density at radius 2 is 1.89 bits per heavy atom. The van der Waals surface area contributed by atoms with Crippen LogP contribution in [0.3, 0.4) is 0 Å². The molecule has 0 aliphatic heterocycles. The Morgan fingerprint density at radius 1 is 1.22 bits per heavy atom. The molecule has 0 saturated heterocycles. The van der Waals surface area contributed by atoms with Crippen molar-refractivity contribution in [1.82, 2.24) is 10.2 Å². The number of anilines is 1. The van der Waals surface area contributed by atoms with Crippen LogP contribution in [-0.2, 0) is 0 Å². The number of rotatable bonds is 2. The van der Waals surface area contributed by atoms with Crippen LogP contribution in [0.2, 0.25) is 0 Å². The normalized spacial score (nSPS) is 25.2. The molecule has 0 radical (unpaired) electrons. The van der Waals surface area contributed by atoms with Gasteiger partial charge in [-0.2, -0.15) is 18.3 Å². The maximum Gasteiger partial charge on any atom is 0.393 e. The van der Waals surface area contributed by atoms with Crippen LogP contribution in [0.4, 0.5) is 18.9 Å². The molecule has 0 amide bonds. The van der Waals surface area contributed by atoms with E-state index in [9.17, 15) is 13.2 Å². The molecule has 18 heavy (non-hydrogen) atoms. The van der Waals surface area contributed by atoms with Crippen molar-refractivity contribution >= 4 is 5.69 Å². The van der Waals surface area contributed by atoms with Crippen molar-refractivity contribution in [1.29, 1.82) is 0 Å². The van der Waals surface area contributed by atoms with E-state index in [-0.39, 0.29) is 6.42 Å². The second-order valence-electron chi connectivity index (χ2n) is 4.99. The lowest BCUT2D eigenvalue weighted by Gasteiger charge is -2.34. The Hall–Kier alpha value is -1.20. The van der Waals surface area contributed by atoms with E-state index in [4.69, 9.17) is 0 Å². The summed E-state index contributed by atoms with van der Waals surface area (Å²) < 4.78 is 38.9. The Morgan fingerprint density at radius 3 is 2.44 bits per heavy atom. The molecule has 2 rings (SSSR count). The van der Waals surface area contributed by atoms with E-state index in [1.54, 1.807) is 6.92 Å². The van der Waals surface area contributed by atoms with Crippen molar-refractivity contribution in [2.45, 2.75) is 51.7 Å². The van der Waals surface area contributed by atoms with Crippen molar-refractivity contribution in [3.63, 3.8) is 0 Å². The van der Waals surface area contributed by atoms with Gasteiger partial charge in [0.05, 0.1) is 23.0 Å². The van der Waals surface area contributed by atoms with Gasteiger partial charge < -0.3 is 5.32 Å². The van der Waals surface area contributed by atoms with Gasteiger partial charge in [-0.3, -0.25) is 5.10 Å². The molecule has 102 valence electrons. The van der Waals surface area contributed by atoms with Crippen LogP contribution in [0.15, 0.2) is 0 Å². The van der Waals surface area contributed by atoms with Gasteiger partial charge in [0.25, 0.3) is 0 Å². The molecule has 1 aliphatic rings. The molecule has 1 heterocycles. The molecule has 1 saturated carbocycles. The quantitative estimate of drug-likeness (QED) is 0.854. The summed E-state index contributed by atoms with van der Waals surface area (Å²) in [6.45, 7) is 3.60. The van der Waals surface area contributed by atoms with E-state index >= 15 is 0 Å². The van der Waals surface area contributed by atoms with E-state index in [1.807, 2.05) is 6.92 Å². The number of aromatic amines is 1. The van der Waals surface area contributed by atoms with Crippen molar-refractivity contribution < 1.29 is 13.2 Å². The summed E-state index contributed by atoms with van der Waals surface area (Å²) in [6, 6.07) is -0.534. The summed E-state index contributed by atoms with van der Waals surface area (Å²) in [6.07, 6.45) is -1.83. The average Bonchev–Trinajstić information content (AvgIpc) is 2.60. The van der Waals surface area contributed by atoms with Crippen molar-refractivity contribution in [2.75, 3.05) is 5.32 Å².